The van der Waals surface area contributed by atoms with Gasteiger partial charge in [-0.2, -0.15) is 0 Å². The molecule has 3 N–H and O–H groups in total. The van der Waals surface area contributed by atoms with Crippen LogP contribution in [0, 0.1) is 5.92 Å². The Labute approximate surface area is 112 Å². The number of nitrogens with two attached hydrogens (primary N) is 1. The van der Waals surface area contributed by atoms with Crippen molar-refractivity contribution in [2.24, 2.45) is 11.8 Å². The first-order valence-electron chi connectivity index (χ1n) is 6.09. The highest BCUT2D eigenvalue weighted by Crippen LogP contribution is 2.34. The molecule has 0 heterocycles. The van der Waals surface area contributed by atoms with Crippen LogP contribution in [0.5, 0.6) is 0 Å². The maximum atomic E-state index is 5.99. The molecule has 1 aliphatic carbocycles. The fourth-order valence-electron chi connectivity index (χ4n) is 2.04. The van der Waals surface area contributed by atoms with Gasteiger partial charge in [-0.3, -0.25) is 11.3 Å². The van der Waals surface area contributed by atoms with E-state index in [4.69, 9.17) is 29.0 Å². The van der Waals surface area contributed by atoms with Crippen LogP contribution in [0.15, 0.2) is 18.2 Å². The molecule has 1 aromatic rings. The molecular formula is C13H18Cl2N2. The van der Waals surface area contributed by atoms with E-state index in [0.29, 0.717) is 16.1 Å². The van der Waals surface area contributed by atoms with E-state index in [-0.39, 0.29) is 0 Å². The molecule has 17 heavy (non-hydrogen) atoms. The summed E-state index contributed by atoms with van der Waals surface area (Å²) >= 11 is 11.9. The van der Waals surface area contributed by atoms with Gasteiger partial charge in [-0.25, -0.2) is 0 Å². The van der Waals surface area contributed by atoms with E-state index in [2.05, 4.69) is 5.43 Å². The van der Waals surface area contributed by atoms with Gasteiger partial charge in [-0.05, 0) is 42.9 Å². The molecule has 1 unspecified atom stereocenters. The Kier molecular flexibility index (Phi) is 4.69. The summed E-state index contributed by atoms with van der Waals surface area (Å²) in [4.78, 5) is 0. The summed E-state index contributed by atoms with van der Waals surface area (Å²) in [5.74, 6) is 6.53. The summed E-state index contributed by atoms with van der Waals surface area (Å²) < 4.78 is 0. The van der Waals surface area contributed by atoms with Gasteiger partial charge in [0.15, 0.2) is 0 Å². The summed E-state index contributed by atoms with van der Waals surface area (Å²) in [5.41, 5.74) is 4.07. The normalized spacial score (nSPS) is 17.1. The molecule has 0 bridgehead atoms. The molecule has 0 amide bonds. The first-order chi connectivity index (χ1) is 8.19. The third-order valence-corrected chi connectivity index (χ3v) is 4.06. The molecule has 1 aromatic carbocycles. The van der Waals surface area contributed by atoms with Gasteiger partial charge >= 0.3 is 0 Å². The van der Waals surface area contributed by atoms with Crippen molar-refractivity contribution < 1.29 is 0 Å². The predicted molar refractivity (Wildman–Crippen MR) is 73.2 cm³/mol. The van der Waals surface area contributed by atoms with Crippen LogP contribution in [0.2, 0.25) is 10.0 Å². The lowest BCUT2D eigenvalue weighted by molar-refractivity contribution is 0.462. The lowest BCUT2D eigenvalue weighted by atomic mass is 10.0. The molecule has 1 saturated carbocycles. The molecule has 1 fully saturated rings. The third-order valence-electron chi connectivity index (χ3n) is 3.32. The number of hydrogen-bond donors (Lipinski definition) is 2. The lowest BCUT2D eigenvalue weighted by Crippen LogP contribution is -2.36. The third kappa shape index (κ3) is 4.14. The smallest absolute Gasteiger partial charge is 0.0595 e. The zero-order chi connectivity index (χ0) is 12.3. The molecule has 0 radical (unpaired) electrons. The fourth-order valence-corrected chi connectivity index (χ4v) is 2.36. The second kappa shape index (κ2) is 6.05. The molecule has 2 nitrogen and oxygen atoms in total. The quantitative estimate of drug-likeness (QED) is 0.614. The van der Waals surface area contributed by atoms with Crippen molar-refractivity contribution in [2.75, 3.05) is 0 Å². The Morgan fingerprint density at radius 2 is 2.06 bits per heavy atom. The van der Waals surface area contributed by atoms with E-state index in [0.717, 1.165) is 18.8 Å². The number of nitrogens with one attached hydrogen (secondary N) is 1. The highest BCUT2D eigenvalue weighted by atomic mass is 35.5. The van der Waals surface area contributed by atoms with Crippen molar-refractivity contribution in [2.45, 2.75) is 38.1 Å². The number of hydrogen-bond acceptors (Lipinski definition) is 2. The Morgan fingerprint density at radius 3 is 2.65 bits per heavy atom. The summed E-state index contributed by atoms with van der Waals surface area (Å²) in [6.07, 6.45) is 6.09. The maximum Gasteiger partial charge on any atom is 0.0595 e. The maximum absolute atomic E-state index is 5.99. The van der Waals surface area contributed by atoms with E-state index in [1.807, 2.05) is 18.2 Å². The summed E-state index contributed by atoms with van der Waals surface area (Å²) in [7, 11) is 0. The minimum absolute atomic E-state index is 0.327. The van der Waals surface area contributed by atoms with Crippen molar-refractivity contribution in [1.29, 1.82) is 0 Å². The Morgan fingerprint density at radius 1 is 1.29 bits per heavy atom. The topological polar surface area (TPSA) is 38.0 Å². The van der Waals surface area contributed by atoms with Crippen molar-refractivity contribution >= 4 is 23.2 Å². The van der Waals surface area contributed by atoms with Gasteiger partial charge in [0, 0.05) is 6.04 Å². The standard InChI is InChI=1S/C13H18Cl2N2/c14-12-6-4-10(8-13(12)15)7-11(17-16)5-3-9-1-2-9/h4,6,8-9,11,17H,1-3,5,7,16H2. The second-order valence-corrected chi connectivity index (χ2v) is 5.65. The van der Waals surface area contributed by atoms with Crippen molar-refractivity contribution in [3.8, 4) is 0 Å². The highest BCUT2D eigenvalue weighted by molar-refractivity contribution is 6.42. The summed E-state index contributed by atoms with van der Waals surface area (Å²) in [5, 5.41) is 1.22. The molecule has 94 valence electrons. The average Bonchev–Trinajstić information content (AvgIpc) is 3.13. The Balaban J connectivity index is 1.89. The zero-order valence-corrected chi connectivity index (χ0v) is 11.3. The monoisotopic (exact) mass is 272 g/mol. The molecule has 0 saturated heterocycles. The number of halogens is 2. The van der Waals surface area contributed by atoms with E-state index in [1.54, 1.807) is 0 Å². The Hall–Kier alpha value is -0.280. The Bertz CT molecular complexity index is 378. The highest BCUT2D eigenvalue weighted by Gasteiger charge is 2.22. The van der Waals surface area contributed by atoms with Gasteiger partial charge < -0.3 is 0 Å². The van der Waals surface area contributed by atoms with E-state index in [9.17, 15) is 0 Å². The molecule has 4 heteroatoms. The van der Waals surface area contributed by atoms with Crippen LogP contribution >= 0.6 is 23.2 Å². The van der Waals surface area contributed by atoms with Crippen molar-refractivity contribution in [1.82, 2.24) is 5.43 Å². The molecule has 0 aliphatic heterocycles. The largest absolute Gasteiger partial charge is 0.271 e. The minimum atomic E-state index is 0.327. The first-order valence-corrected chi connectivity index (χ1v) is 6.84. The minimum Gasteiger partial charge on any atom is -0.271 e. The van der Waals surface area contributed by atoms with Crippen LogP contribution in [0.4, 0.5) is 0 Å². The van der Waals surface area contributed by atoms with Crippen LogP contribution in [0.25, 0.3) is 0 Å². The van der Waals surface area contributed by atoms with Crippen LogP contribution in [-0.4, -0.2) is 6.04 Å². The SMILES string of the molecule is NNC(CCC1CC1)Cc1ccc(Cl)c(Cl)c1. The first kappa shape index (κ1) is 13.2. The van der Waals surface area contributed by atoms with Gasteiger partial charge in [-0.1, -0.05) is 42.1 Å². The van der Waals surface area contributed by atoms with Gasteiger partial charge in [0.2, 0.25) is 0 Å². The number of rotatable bonds is 6. The zero-order valence-electron chi connectivity index (χ0n) is 9.76. The van der Waals surface area contributed by atoms with Crippen molar-refractivity contribution in [3.63, 3.8) is 0 Å². The lowest BCUT2D eigenvalue weighted by Gasteiger charge is -2.16. The van der Waals surface area contributed by atoms with Crippen molar-refractivity contribution in [3.05, 3.63) is 33.8 Å². The van der Waals surface area contributed by atoms with Gasteiger partial charge in [-0.15, -0.1) is 0 Å². The molecule has 2 rings (SSSR count). The van der Waals surface area contributed by atoms with E-state index in [1.165, 1.54) is 24.8 Å². The summed E-state index contributed by atoms with van der Waals surface area (Å²) in [6.45, 7) is 0. The summed E-state index contributed by atoms with van der Waals surface area (Å²) in [6, 6.07) is 6.10. The van der Waals surface area contributed by atoms with Crippen LogP contribution in [-0.2, 0) is 6.42 Å². The van der Waals surface area contributed by atoms with Gasteiger partial charge in [0.05, 0.1) is 10.0 Å². The molecular weight excluding hydrogens is 255 g/mol. The number of benzene rings is 1. The molecule has 1 aliphatic rings. The molecule has 0 aromatic heterocycles. The van der Waals surface area contributed by atoms with Crippen LogP contribution in [0.1, 0.15) is 31.2 Å². The average molecular weight is 273 g/mol. The van der Waals surface area contributed by atoms with E-state index < -0.39 is 0 Å². The molecule has 0 spiro atoms. The fraction of sp³-hybridized carbons (Fsp3) is 0.538. The number of hydrazine groups is 1. The van der Waals surface area contributed by atoms with Gasteiger partial charge in [0.25, 0.3) is 0 Å². The second-order valence-electron chi connectivity index (χ2n) is 4.84. The van der Waals surface area contributed by atoms with E-state index >= 15 is 0 Å². The molecule has 1 atom stereocenters. The van der Waals surface area contributed by atoms with Gasteiger partial charge in [0.1, 0.15) is 0 Å². The van der Waals surface area contributed by atoms with Crippen LogP contribution in [0.3, 0.4) is 0 Å². The predicted octanol–water partition coefficient (Wildman–Crippen LogP) is 3.56. The van der Waals surface area contributed by atoms with Crippen LogP contribution < -0.4 is 11.3 Å².